The fourth-order valence-electron chi connectivity index (χ4n) is 4.82. The highest BCUT2D eigenvalue weighted by Crippen LogP contribution is 2.37. The van der Waals surface area contributed by atoms with E-state index < -0.39 is 11.7 Å². The van der Waals surface area contributed by atoms with Gasteiger partial charge < -0.3 is 44.4 Å². The highest BCUT2D eigenvalue weighted by Gasteiger charge is 2.25. The average Bonchev–Trinajstić information content (AvgIpc) is 3.08. The molecule has 4 rings (SSSR count). The summed E-state index contributed by atoms with van der Waals surface area (Å²) in [6.45, 7) is 4.07. The van der Waals surface area contributed by atoms with Gasteiger partial charge in [0.15, 0.2) is 17.3 Å². The van der Waals surface area contributed by atoms with Crippen LogP contribution >= 0.6 is 23.2 Å². The molecule has 0 spiro atoms. The number of primary amides is 1. The van der Waals surface area contributed by atoms with E-state index >= 15 is 0 Å². The molecule has 1 aromatic heterocycles. The van der Waals surface area contributed by atoms with Gasteiger partial charge in [0, 0.05) is 43.8 Å². The summed E-state index contributed by atoms with van der Waals surface area (Å²) in [7, 11) is 1.54. The second-order valence-corrected chi connectivity index (χ2v) is 11.5. The second-order valence-electron chi connectivity index (χ2n) is 10.7. The largest absolute Gasteiger partial charge is 0.493 e. The SMILES string of the molecule is COc1cc2ncnc(Nc3ccc(Cl)c(Cl)c3F)c2cc1OC1CCN(C(=O)CCOCCOCCOCCOCCC(N)=O)CC1. The number of piperidine rings is 1. The number of carbonyl (C=O) groups excluding carboxylic acids is 2. The molecule has 0 saturated carbocycles. The van der Waals surface area contributed by atoms with E-state index in [4.69, 9.17) is 57.4 Å². The molecule has 1 aliphatic heterocycles. The van der Waals surface area contributed by atoms with Crippen molar-refractivity contribution < 1.29 is 42.4 Å². The second kappa shape index (κ2) is 19.5. The van der Waals surface area contributed by atoms with Crippen LogP contribution in [0.1, 0.15) is 25.7 Å². The number of hydrogen-bond acceptors (Lipinski definition) is 11. The molecule has 2 amide bonds. The van der Waals surface area contributed by atoms with Crippen molar-refractivity contribution in [2.75, 3.05) is 78.4 Å². The van der Waals surface area contributed by atoms with E-state index in [-0.39, 0.29) is 47.2 Å². The van der Waals surface area contributed by atoms with Gasteiger partial charge in [0.1, 0.15) is 18.2 Å². The topological polar surface area (TPSA) is 157 Å². The lowest BCUT2D eigenvalue weighted by Gasteiger charge is -2.32. The Morgan fingerprint density at radius 3 is 2.17 bits per heavy atom. The normalized spacial score (nSPS) is 13.5. The van der Waals surface area contributed by atoms with E-state index in [0.29, 0.717) is 100 Å². The lowest BCUT2D eigenvalue weighted by Crippen LogP contribution is -2.42. The zero-order chi connectivity index (χ0) is 34.3. The molecule has 1 saturated heterocycles. The molecule has 0 unspecified atom stereocenters. The fourth-order valence-corrected chi connectivity index (χ4v) is 5.13. The molecule has 0 bridgehead atoms. The van der Waals surface area contributed by atoms with E-state index in [1.807, 2.05) is 4.90 Å². The number of hydrogen-bond donors (Lipinski definition) is 2. The van der Waals surface area contributed by atoms with Crippen LogP contribution in [0.3, 0.4) is 0 Å². The molecular weight excluding hydrogens is 672 g/mol. The van der Waals surface area contributed by atoms with Crippen LogP contribution in [0, 0.1) is 5.82 Å². The standard InChI is InChI=1S/C32H40Cl2FN5O8/c1-43-26-19-25-22(32(38-20-37-25)39-24-3-2-23(33)30(34)31(24)35)18-27(26)48-21-4-8-40(9-5-21)29(42)7-11-45-13-15-47-17-16-46-14-12-44-10-6-28(36)41/h2-3,18-21H,4-17H2,1H3,(H2,36,41)(H,37,38,39). The van der Waals surface area contributed by atoms with E-state index in [2.05, 4.69) is 15.3 Å². The minimum absolute atomic E-state index is 0.0199. The van der Waals surface area contributed by atoms with Gasteiger partial charge in [-0.2, -0.15) is 0 Å². The summed E-state index contributed by atoms with van der Waals surface area (Å²) >= 11 is 11.9. The first-order valence-corrected chi connectivity index (χ1v) is 16.3. The number of benzene rings is 2. The zero-order valence-electron chi connectivity index (χ0n) is 26.7. The van der Waals surface area contributed by atoms with Crippen molar-refractivity contribution in [3.63, 3.8) is 0 Å². The number of anilines is 2. The van der Waals surface area contributed by atoms with Crippen molar-refractivity contribution in [3.05, 3.63) is 46.5 Å². The number of nitrogens with two attached hydrogens (primary N) is 1. The maximum atomic E-state index is 14.7. The predicted octanol–water partition coefficient (Wildman–Crippen LogP) is 4.53. The number of aromatic nitrogens is 2. The number of ether oxygens (including phenoxy) is 6. The Hall–Kier alpha value is -3.53. The predicted molar refractivity (Wildman–Crippen MR) is 178 cm³/mol. The number of rotatable bonds is 20. The number of carbonyl (C=O) groups is 2. The Bertz CT molecular complexity index is 1510. The first-order chi connectivity index (χ1) is 23.3. The van der Waals surface area contributed by atoms with Crippen molar-refractivity contribution >= 4 is 57.4 Å². The van der Waals surface area contributed by atoms with Gasteiger partial charge in [-0.25, -0.2) is 14.4 Å². The summed E-state index contributed by atoms with van der Waals surface area (Å²) in [5.74, 6) is 0.252. The van der Waals surface area contributed by atoms with Crippen LogP contribution in [0.5, 0.6) is 11.5 Å². The van der Waals surface area contributed by atoms with Gasteiger partial charge in [-0.05, 0) is 18.2 Å². The van der Waals surface area contributed by atoms with E-state index in [0.717, 1.165) is 0 Å². The Morgan fingerprint density at radius 2 is 1.54 bits per heavy atom. The highest BCUT2D eigenvalue weighted by molar-refractivity contribution is 6.42. The summed E-state index contributed by atoms with van der Waals surface area (Å²) in [5, 5.41) is 3.48. The third kappa shape index (κ3) is 11.3. The van der Waals surface area contributed by atoms with E-state index in [9.17, 15) is 14.0 Å². The Morgan fingerprint density at radius 1 is 0.917 bits per heavy atom. The van der Waals surface area contributed by atoms with Gasteiger partial charge in [-0.1, -0.05) is 23.2 Å². The van der Waals surface area contributed by atoms with Crippen LogP contribution in [0.4, 0.5) is 15.9 Å². The van der Waals surface area contributed by atoms with E-state index in [1.165, 1.54) is 18.5 Å². The molecule has 1 aliphatic rings. The Kier molecular flexibility index (Phi) is 15.1. The molecule has 0 radical (unpaired) electrons. The summed E-state index contributed by atoms with van der Waals surface area (Å²) in [5.41, 5.74) is 5.71. The number of nitrogens with zero attached hydrogens (tertiary/aromatic N) is 3. The first kappa shape index (κ1) is 37.3. The first-order valence-electron chi connectivity index (χ1n) is 15.5. The molecule has 16 heteroatoms. The Labute approximate surface area is 288 Å². The van der Waals surface area contributed by atoms with Crippen molar-refractivity contribution in [3.8, 4) is 11.5 Å². The lowest BCUT2D eigenvalue weighted by atomic mass is 10.1. The number of fused-ring (bicyclic) bond motifs is 1. The highest BCUT2D eigenvalue weighted by atomic mass is 35.5. The van der Waals surface area contributed by atoms with Crippen LogP contribution in [-0.2, 0) is 28.5 Å². The van der Waals surface area contributed by atoms with E-state index in [1.54, 1.807) is 19.2 Å². The molecule has 3 aromatic rings. The number of likely N-dealkylation sites (tertiary alicyclic amines) is 1. The van der Waals surface area contributed by atoms with Crippen LogP contribution < -0.4 is 20.5 Å². The van der Waals surface area contributed by atoms with Crippen molar-refractivity contribution in [2.45, 2.75) is 31.8 Å². The van der Waals surface area contributed by atoms with Crippen LogP contribution in [0.15, 0.2) is 30.6 Å². The monoisotopic (exact) mass is 711 g/mol. The van der Waals surface area contributed by atoms with Gasteiger partial charge in [-0.3, -0.25) is 9.59 Å². The summed E-state index contributed by atoms with van der Waals surface area (Å²) in [4.78, 5) is 33.8. The van der Waals surface area contributed by atoms with Gasteiger partial charge in [0.25, 0.3) is 0 Å². The maximum absolute atomic E-state index is 14.7. The van der Waals surface area contributed by atoms with Crippen molar-refractivity contribution in [1.82, 2.24) is 14.9 Å². The number of methoxy groups -OCH3 is 1. The number of nitrogens with one attached hydrogen (secondary N) is 1. The molecular formula is C32H40Cl2FN5O8. The molecule has 0 aliphatic carbocycles. The third-order valence-electron chi connectivity index (χ3n) is 7.37. The van der Waals surface area contributed by atoms with Gasteiger partial charge >= 0.3 is 0 Å². The van der Waals surface area contributed by atoms with Gasteiger partial charge in [0.05, 0.1) is 87.6 Å². The molecule has 262 valence electrons. The van der Waals surface area contributed by atoms with Crippen LogP contribution in [-0.4, -0.2) is 106 Å². The quantitative estimate of drug-likeness (QED) is 0.125. The molecule has 2 aromatic carbocycles. The minimum atomic E-state index is -0.695. The molecule has 13 nitrogen and oxygen atoms in total. The summed E-state index contributed by atoms with van der Waals surface area (Å²) in [6.07, 6.45) is 2.94. The fraction of sp³-hybridized carbons (Fsp3) is 0.500. The Balaban J connectivity index is 1.16. The van der Waals surface area contributed by atoms with Gasteiger partial charge in [0.2, 0.25) is 11.8 Å². The lowest BCUT2D eigenvalue weighted by molar-refractivity contribution is -0.134. The third-order valence-corrected chi connectivity index (χ3v) is 8.15. The molecule has 2 heterocycles. The summed E-state index contributed by atoms with van der Waals surface area (Å²) in [6, 6.07) is 6.46. The average molecular weight is 713 g/mol. The zero-order valence-corrected chi connectivity index (χ0v) is 28.2. The van der Waals surface area contributed by atoms with Crippen LogP contribution in [0.25, 0.3) is 10.9 Å². The molecule has 1 fully saturated rings. The van der Waals surface area contributed by atoms with Crippen molar-refractivity contribution in [2.24, 2.45) is 5.73 Å². The molecule has 3 N–H and O–H groups in total. The maximum Gasteiger partial charge on any atom is 0.224 e. The van der Waals surface area contributed by atoms with Crippen LogP contribution in [0.2, 0.25) is 10.0 Å². The number of amides is 2. The number of halogens is 3. The van der Waals surface area contributed by atoms with Crippen molar-refractivity contribution in [1.29, 1.82) is 0 Å². The van der Waals surface area contributed by atoms with Gasteiger partial charge in [-0.15, -0.1) is 0 Å². The smallest absolute Gasteiger partial charge is 0.224 e. The molecule has 48 heavy (non-hydrogen) atoms. The minimum Gasteiger partial charge on any atom is -0.493 e. The summed E-state index contributed by atoms with van der Waals surface area (Å²) < 4.78 is 48.2. The molecule has 0 atom stereocenters.